The number of aromatic nitrogens is 3. The minimum absolute atomic E-state index is 0.275. The zero-order valence-corrected chi connectivity index (χ0v) is 12.3. The Hall–Kier alpha value is -2.21. The van der Waals surface area contributed by atoms with Crippen molar-refractivity contribution in [2.45, 2.75) is 6.92 Å². The standard InChI is InChI=1S/C14H11BrN4O/c1-9-3-2-4-13-17-11(8-19(9)13)14(20)18-12-6-5-10(15)7-16-12/h2-8H,1H3,(H,16,18,20). The second kappa shape index (κ2) is 5.05. The molecule has 1 N–H and O–H groups in total. The molecule has 0 aliphatic carbocycles. The Morgan fingerprint density at radius 3 is 2.85 bits per heavy atom. The van der Waals surface area contributed by atoms with Crippen LogP contribution >= 0.6 is 15.9 Å². The van der Waals surface area contributed by atoms with Crippen molar-refractivity contribution in [3.63, 3.8) is 0 Å². The van der Waals surface area contributed by atoms with Crippen LogP contribution in [0.3, 0.4) is 0 Å². The van der Waals surface area contributed by atoms with Gasteiger partial charge in [-0.3, -0.25) is 4.79 Å². The molecule has 3 heterocycles. The number of rotatable bonds is 2. The van der Waals surface area contributed by atoms with E-state index in [0.717, 1.165) is 15.8 Å². The largest absolute Gasteiger partial charge is 0.305 e. The van der Waals surface area contributed by atoms with Gasteiger partial charge in [-0.05, 0) is 47.1 Å². The zero-order chi connectivity index (χ0) is 14.1. The maximum absolute atomic E-state index is 12.1. The number of hydrogen-bond donors (Lipinski definition) is 1. The molecular weight excluding hydrogens is 320 g/mol. The summed E-state index contributed by atoms with van der Waals surface area (Å²) in [7, 11) is 0. The summed E-state index contributed by atoms with van der Waals surface area (Å²) in [6.45, 7) is 1.96. The van der Waals surface area contributed by atoms with Gasteiger partial charge in [0.1, 0.15) is 17.2 Å². The Bertz CT molecular complexity index is 779. The molecule has 0 saturated carbocycles. The number of anilines is 1. The second-order valence-corrected chi connectivity index (χ2v) is 5.25. The van der Waals surface area contributed by atoms with E-state index < -0.39 is 0 Å². The van der Waals surface area contributed by atoms with Gasteiger partial charge in [0.25, 0.3) is 5.91 Å². The van der Waals surface area contributed by atoms with Gasteiger partial charge in [-0.15, -0.1) is 0 Å². The average molecular weight is 331 g/mol. The van der Waals surface area contributed by atoms with Crippen LogP contribution < -0.4 is 5.32 Å². The second-order valence-electron chi connectivity index (χ2n) is 4.34. The number of imidazole rings is 1. The van der Waals surface area contributed by atoms with Crippen LogP contribution in [0, 0.1) is 6.92 Å². The van der Waals surface area contributed by atoms with E-state index in [4.69, 9.17) is 0 Å². The summed E-state index contributed by atoms with van der Waals surface area (Å²) in [6, 6.07) is 9.28. The van der Waals surface area contributed by atoms with Gasteiger partial charge in [0, 0.05) is 22.6 Å². The predicted octanol–water partition coefficient (Wildman–Crippen LogP) is 3.05. The Balaban J connectivity index is 1.89. The van der Waals surface area contributed by atoms with E-state index in [1.165, 1.54) is 0 Å². The van der Waals surface area contributed by atoms with Crippen molar-refractivity contribution < 1.29 is 4.79 Å². The van der Waals surface area contributed by atoms with E-state index >= 15 is 0 Å². The van der Waals surface area contributed by atoms with Crippen LogP contribution in [0.15, 0.2) is 47.2 Å². The molecule has 1 amide bonds. The van der Waals surface area contributed by atoms with Gasteiger partial charge >= 0.3 is 0 Å². The molecule has 0 bridgehead atoms. The topological polar surface area (TPSA) is 59.3 Å². The summed E-state index contributed by atoms with van der Waals surface area (Å²) in [5.74, 6) is 0.218. The van der Waals surface area contributed by atoms with E-state index in [9.17, 15) is 4.79 Å². The average Bonchev–Trinajstić information content (AvgIpc) is 2.87. The molecule has 3 rings (SSSR count). The molecular formula is C14H11BrN4O. The molecule has 3 aromatic rings. The van der Waals surface area contributed by atoms with Gasteiger partial charge in [0.15, 0.2) is 0 Å². The summed E-state index contributed by atoms with van der Waals surface area (Å²) < 4.78 is 2.74. The van der Waals surface area contributed by atoms with Gasteiger partial charge in [0.05, 0.1) is 0 Å². The SMILES string of the molecule is Cc1cccc2nc(C(=O)Nc3ccc(Br)cn3)cn12. The molecule has 20 heavy (non-hydrogen) atoms. The molecule has 0 atom stereocenters. The van der Waals surface area contributed by atoms with Crippen molar-refractivity contribution in [1.29, 1.82) is 0 Å². The third kappa shape index (κ3) is 2.42. The van der Waals surface area contributed by atoms with Crippen molar-refractivity contribution >= 4 is 33.3 Å². The van der Waals surface area contributed by atoms with Gasteiger partial charge in [-0.1, -0.05) is 6.07 Å². The van der Waals surface area contributed by atoms with Crippen LogP contribution in [-0.2, 0) is 0 Å². The first-order chi connectivity index (χ1) is 9.63. The number of fused-ring (bicyclic) bond motifs is 1. The number of nitrogens with zero attached hydrogens (tertiary/aromatic N) is 3. The van der Waals surface area contributed by atoms with Crippen LogP contribution in [-0.4, -0.2) is 20.3 Å². The van der Waals surface area contributed by atoms with Crippen LogP contribution in [0.5, 0.6) is 0 Å². The quantitative estimate of drug-likeness (QED) is 0.785. The fraction of sp³-hybridized carbons (Fsp3) is 0.0714. The van der Waals surface area contributed by atoms with E-state index in [0.29, 0.717) is 11.5 Å². The lowest BCUT2D eigenvalue weighted by Crippen LogP contribution is -2.13. The van der Waals surface area contributed by atoms with Crippen LogP contribution in [0.2, 0.25) is 0 Å². The monoisotopic (exact) mass is 330 g/mol. The number of carbonyl (C=O) groups excluding carboxylic acids is 1. The molecule has 0 aliphatic rings. The molecule has 0 aliphatic heterocycles. The van der Waals surface area contributed by atoms with Crippen molar-refractivity contribution in [3.05, 3.63) is 58.6 Å². The highest BCUT2D eigenvalue weighted by atomic mass is 79.9. The highest BCUT2D eigenvalue weighted by Gasteiger charge is 2.12. The zero-order valence-electron chi connectivity index (χ0n) is 10.7. The highest BCUT2D eigenvalue weighted by molar-refractivity contribution is 9.10. The molecule has 5 nitrogen and oxygen atoms in total. The van der Waals surface area contributed by atoms with Crippen molar-refractivity contribution in [2.24, 2.45) is 0 Å². The maximum atomic E-state index is 12.1. The molecule has 0 fully saturated rings. The highest BCUT2D eigenvalue weighted by Crippen LogP contribution is 2.13. The van der Waals surface area contributed by atoms with Gasteiger partial charge in [-0.2, -0.15) is 0 Å². The van der Waals surface area contributed by atoms with Crippen LogP contribution in [0.4, 0.5) is 5.82 Å². The van der Waals surface area contributed by atoms with E-state index in [1.54, 1.807) is 18.5 Å². The molecule has 0 unspecified atom stereocenters. The number of aryl methyl sites for hydroxylation is 1. The van der Waals surface area contributed by atoms with E-state index in [2.05, 4.69) is 31.2 Å². The molecule has 100 valence electrons. The lowest BCUT2D eigenvalue weighted by atomic mass is 10.4. The van der Waals surface area contributed by atoms with Crippen LogP contribution in [0.1, 0.15) is 16.2 Å². The molecule has 6 heteroatoms. The summed E-state index contributed by atoms with van der Waals surface area (Å²) in [5.41, 5.74) is 2.14. The fourth-order valence-electron chi connectivity index (χ4n) is 1.89. The Morgan fingerprint density at radius 2 is 2.15 bits per heavy atom. The molecule has 3 aromatic heterocycles. The number of pyridine rings is 2. The molecule has 0 spiro atoms. The van der Waals surface area contributed by atoms with Gasteiger partial charge < -0.3 is 9.72 Å². The Kier molecular flexibility index (Phi) is 3.23. The number of hydrogen-bond acceptors (Lipinski definition) is 3. The summed E-state index contributed by atoms with van der Waals surface area (Å²) in [4.78, 5) is 20.5. The predicted molar refractivity (Wildman–Crippen MR) is 79.8 cm³/mol. The first-order valence-corrected chi connectivity index (χ1v) is 6.80. The first-order valence-electron chi connectivity index (χ1n) is 6.01. The van der Waals surface area contributed by atoms with Crippen molar-refractivity contribution in [2.75, 3.05) is 5.32 Å². The minimum Gasteiger partial charge on any atom is -0.305 e. The number of halogens is 1. The number of nitrogens with one attached hydrogen (secondary N) is 1. The summed E-state index contributed by atoms with van der Waals surface area (Å²) in [5, 5.41) is 2.72. The number of carbonyl (C=O) groups is 1. The van der Waals surface area contributed by atoms with Crippen LogP contribution in [0.25, 0.3) is 5.65 Å². The minimum atomic E-state index is -0.275. The first kappa shape index (κ1) is 12.8. The normalized spacial score (nSPS) is 10.7. The van der Waals surface area contributed by atoms with Crippen molar-refractivity contribution in [3.8, 4) is 0 Å². The van der Waals surface area contributed by atoms with Gasteiger partial charge in [0.2, 0.25) is 0 Å². The van der Waals surface area contributed by atoms with Crippen molar-refractivity contribution in [1.82, 2.24) is 14.4 Å². The Labute approximate surface area is 123 Å². The maximum Gasteiger partial charge on any atom is 0.277 e. The van der Waals surface area contributed by atoms with Gasteiger partial charge in [-0.25, -0.2) is 9.97 Å². The fourth-order valence-corrected chi connectivity index (χ4v) is 2.12. The van der Waals surface area contributed by atoms with E-state index in [-0.39, 0.29) is 5.91 Å². The lowest BCUT2D eigenvalue weighted by molar-refractivity contribution is 0.102. The number of amides is 1. The van der Waals surface area contributed by atoms with E-state index in [1.807, 2.05) is 35.6 Å². The summed E-state index contributed by atoms with van der Waals surface area (Å²) >= 11 is 3.30. The summed E-state index contributed by atoms with van der Waals surface area (Å²) in [6.07, 6.45) is 3.35. The third-order valence-corrected chi connectivity index (χ3v) is 3.37. The third-order valence-electron chi connectivity index (χ3n) is 2.90. The lowest BCUT2D eigenvalue weighted by Gasteiger charge is -2.01. The smallest absolute Gasteiger partial charge is 0.277 e. The molecule has 0 saturated heterocycles. The molecule has 0 aromatic carbocycles. The Morgan fingerprint density at radius 1 is 1.30 bits per heavy atom. The molecule has 0 radical (unpaired) electrons.